The Kier molecular flexibility index (Phi) is 4.38. The van der Waals surface area contributed by atoms with Crippen molar-refractivity contribution in [2.45, 2.75) is 26.2 Å². The van der Waals surface area contributed by atoms with Crippen molar-refractivity contribution in [3.05, 3.63) is 29.3 Å². The van der Waals surface area contributed by atoms with Crippen LogP contribution in [0.4, 0.5) is 0 Å². The summed E-state index contributed by atoms with van der Waals surface area (Å²) in [5.41, 5.74) is 1.85. The Morgan fingerprint density at radius 3 is 2.28 bits per heavy atom. The SMILES string of the molecule is COc1cc(C=CC#N)c(OC)c(C(C)(C)C)c1. The highest BCUT2D eigenvalue weighted by atomic mass is 16.5. The first kappa shape index (κ1) is 14.1. The Balaban J connectivity index is 3.51. The van der Waals surface area contributed by atoms with E-state index in [1.165, 1.54) is 6.08 Å². The highest BCUT2D eigenvalue weighted by Crippen LogP contribution is 2.37. The quantitative estimate of drug-likeness (QED) is 0.765. The van der Waals surface area contributed by atoms with E-state index in [-0.39, 0.29) is 5.41 Å². The fraction of sp³-hybridized carbons (Fsp3) is 0.400. The van der Waals surface area contributed by atoms with Crippen LogP contribution in [0.3, 0.4) is 0 Å². The Morgan fingerprint density at radius 2 is 1.83 bits per heavy atom. The van der Waals surface area contributed by atoms with E-state index in [2.05, 4.69) is 20.8 Å². The van der Waals surface area contributed by atoms with Gasteiger partial charge in [-0.15, -0.1) is 0 Å². The summed E-state index contributed by atoms with van der Waals surface area (Å²) in [5.74, 6) is 1.55. The molecular formula is C15H19NO2. The molecule has 0 unspecified atom stereocenters. The van der Waals surface area contributed by atoms with Crippen LogP contribution in [-0.4, -0.2) is 14.2 Å². The van der Waals surface area contributed by atoms with Crippen LogP contribution in [0.1, 0.15) is 31.9 Å². The van der Waals surface area contributed by atoms with Crippen molar-refractivity contribution in [3.63, 3.8) is 0 Å². The van der Waals surface area contributed by atoms with E-state index in [0.717, 1.165) is 22.6 Å². The summed E-state index contributed by atoms with van der Waals surface area (Å²) >= 11 is 0. The molecule has 1 rings (SSSR count). The highest BCUT2D eigenvalue weighted by molar-refractivity contribution is 5.65. The van der Waals surface area contributed by atoms with Crippen LogP contribution in [0.15, 0.2) is 18.2 Å². The van der Waals surface area contributed by atoms with Crippen LogP contribution < -0.4 is 9.47 Å². The number of allylic oxidation sites excluding steroid dienone is 1. The van der Waals surface area contributed by atoms with Crippen molar-refractivity contribution in [2.75, 3.05) is 14.2 Å². The van der Waals surface area contributed by atoms with E-state index in [9.17, 15) is 0 Å². The smallest absolute Gasteiger partial charge is 0.130 e. The van der Waals surface area contributed by atoms with Gasteiger partial charge in [0.05, 0.1) is 20.3 Å². The molecule has 0 fully saturated rings. The normalized spacial score (nSPS) is 11.3. The number of hydrogen-bond acceptors (Lipinski definition) is 3. The molecule has 0 aliphatic heterocycles. The zero-order chi connectivity index (χ0) is 13.8. The number of methoxy groups -OCH3 is 2. The summed E-state index contributed by atoms with van der Waals surface area (Å²) in [7, 11) is 3.27. The second kappa shape index (κ2) is 5.59. The standard InChI is InChI=1S/C15H19NO2/c1-15(2,3)13-10-12(17-4)9-11(7-6-8-16)14(13)18-5/h6-7,9-10H,1-5H3. The van der Waals surface area contributed by atoms with Crippen LogP contribution in [0.5, 0.6) is 11.5 Å². The maximum atomic E-state index is 8.64. The second-order valence-electron chi connectivity index (χ2n) is 5.01. The molecule has 0 aliphatic carbocycles. The minimum absolute atomic E-state index is 0.0604. The predicted molar refractivity (Wildman–Crippen MR) is 72.9 cm³/mol. The predicted octanol–water partition coefficient (Wildman–Crippen LogP) is 3.54. The summed E-state index contributed by atoms with van der Waals surface area (Å²) < 4.78 is 10.8. The highest BCUT2D eigenvalue weighted by Gasteiger charge is 2.21. The van der Waals surface area contributed by atoms with E-state index in [0.29, 0.717) is 0 Å². The Morgan fingerprint density at radius 1 is 1.17 bits per heavy atom. The van der Waals surface area contributed by atoms with E-state index in [4.69, 9.17) is 14.7 Å². The molecule has 0 N–H and O–H groups in total. The van der Waals surface area contributed by atoms with Crippen LogP contribution in [0.2, 0.25) is 0 Å². The molecule has 0 heterocycles. The molecule has 3 nitrogen and oxygen atoms in total. The first-order valence-corrected chi connectivity index (χ1v) is 5.76. The lowest BCUT2D eigenvalue weighted by molar-refractivity contribution is 0.387. The van der Waals surface area contributed by atoms with Crippen LogP contribution in [0.25, 0.3) is 6.08 Å². The van der Waals surface area contributed by atoms with Crippen molar-refractivity contribution in [1.82, 2.24) is 0 Å². The largest absolute Gasteiger partial charge is 0.497 e. The summed E-state index contributed by atoms with van der Waals surface area (Å²) in [6, 6.07) is 5.82. The van der Waals surface area contributed by atoms with Gasteiger partial charge in [0.15, 0.2) is 0 Å². The minimum atomic E-state index is -0.0604. The van der Waals surface area contributed by atoms with Crippen molar-refractivity contribution in [2.24, 2.45) is 0 Å². The van der Waals surface area contributed by atoms with Gasteiger partial charge in [-0.25, -0.2) is 0 Å². The zero-order valence-corrected chi connectivity index (χ0v) is 11.6. The summed E-state index contributed by atoms with van der Waals surface area (Å²) in [6.07, 6.45) is 3.17. The lowest BCUT2D eigenvalue weighted by Crippen LogP contribution is -2.13. The molecule has 18 heavy (non-hydrogen) atoms. The van der Waals surface area contributed by atoms with Gasteiger partial charge in [0.25, 0.3) is 0 Å². The minimum Gasteiger partial charge on any atom is -0.497 e. The van der Waals surface area contributed by atoms with E-state index < -0.39 is 0 Å². The van der Waals surface area contributed by atoms with Crippen molar-refractivity contribution in [1.29, 1.82) is 5.26 Å². The van der Waals surface area contributed by atoms with Gasteiger partial charge in [0.1, 0.15) is 11.5 Å². The lowest BCUT2D eigenvalue weighted by atomic mass is 9.85. The maximum Gasteiger partial charge on any atom is 0.130 e. The average molecular weight is 245 g/mol. The molecule has 0 saturated carbocycles. The average Bonchev–Trinajstić information content (AvgIpc) is 2.33. The number of ether oxygens (including phenoxy) is 2. The Labute approximate surface area is 109 Å². The molecule has 0 aliphatic rings. The molecular weight excluding hydrogens is 226 g/mol. The third-order valence-electron chi connectivity index (χ3n) is 2.68. The molecule has 0 amide bonds. The van der Waals surface area contributed by atoms with Crippen molar-refractivity contribution >= 4 is 6.08 Å². The summed E-state index contributed by atoms with van der Waals surface area (Å²) in [5, 5.41) is 8.64. The molecule has 96 valence electrons. The fourth-order valence-corrected chi connectivity index (χ4v) is 1.78. The van der Waals surface area contributed by atoms with Gasteiger partial charge < -0.3 is 9.47 Å². The monoisotopic (exact) mass is 245 g/mol. The Bertz CT molecular complexity index is 490. The summed E-state index contributed by atoms with van der Waals surface area (Å²) in [4.78, 5) is 0. The number of nitriles is 1. The van der Waals surface area contributed by atoms with Crippen molar-refractivity contribution < 1.29 is 9.47 Å². The van der Waals surface area contributed by atoms with Crippen molar-refractivity contribution in [3.8, 4) is 17.6 Å². The lowest BCUT2D eigenvalue weighted by Gasteiger charge is -2.24. The number of rotatable bonds is 3. The van der Waals surface area contributed by atoms with Crippen LogP contribution >= 0.6 is 0 Å². The van der Waals surface area contributed by atoms with E-state index >= 15 is 0 Å². The van der Waals surface area contributed by atoms with Gasteiger partial charge in [0, 0.05) is 17.2 Å². The zero-order valence-electron chi connectivity index (χ0n) is 11.6. The molecule has 3 heteroatoms. The topological polar surface area (TPSA) is 42.2 Å². The van der Waals surface area contributed by atoms with E-state index in [1.54, 1.807) is 20.3 Å². The first-order valence-electron chi connectivity index (χ1n) is 5.76. The van der Waals surface area contributed by atoms with Gasteiger partial charge >= 0.3 is 0 Å². The number of hydrogen-bond donors (Lipinski definition) is 0. The van der Waals surface area contributed by atoms with Gasteiger partial charge in [-0.05, 0) is 23.6 Å². The molecule has 0 aromatic heterocycles. The molecule has 1 aromatic carbocycles. The molecule has 0 spiro atoms. The molecule has 0 bridgehead atoms. The van der Waals surface area contributed by atoms with E-state index in [1.807, 2.05) is 18.2 Å². The molecule has 0 saturated heterocycles. The summed E-state index contributed by atoms with van der Waals surface area (Å²) in [6.45, 7) is 6.34. The van der Waals surface area contributed by atoms with Gasteiger partial charge in [-0.3, -0.25) is 0 Å². The number of nitrogens with zero attached hydrogens (tertiary/aromatic N) is 1. The number of benzene rings is 1. The van der Waals surface area contributed by atoms with Crippen LogP contribution in [0, 0.1) is 11.3 Å². The van der Waals surface area contributed by atoms with Gasteiger partial charge in [-0.1, -0.05) is 20.8 Å². The third kappa shape index (κ3) is 3.04. The molecule has 0 atom stereocenters. The van der Waals surface area contributed by atoms with Gasteiger partial charge in [0.2, 0.25) is 0 Å². The maximum absolute atomic E-state index is 8.64. The van der Waals surface area contributed by atoms with Crippen LogP contribution in [-0.2, 0) is 5.41 Å². The third-order valence-corrected chi connectivity index (χ3v) is 2.68. The Hall–Kier alpha value is -1.95. The fourth-order valence-electron chi connectivity index (χ4n) is 1.78. The molecule has 1 aromatic rings. The molecule has 0 radical (unpaired) electrons. The first-order chi connectivity index (χ1) is 8.43. The second-order valence-corrected chi connectivity index (χ2v) is 5.01. The van der Waals surface area contributed by atoms with Gasteiger partial charge in [-0.2, -0.15) is 5.26 Å².